The molecule has 0 spiro atoms. The second kappa shape index (κ2) is 13.7. The number of hydrogen-bond donors (Lipinski definition) is 2. The maximum atomic E-state index is 11.8. The molecule has 0 unspecified atom stereocenters. The summed E-state index contributed by atoms with van der Waals surface area (Å²) in [5.74, 6) is 7.06. The zero-order chi connectivity index (χ0) is 27.9. The number of nitrogens with two attached hydrogens (primary N) is 1. The molecule has 0 aromatic heterocycles. The number of methoxy groups -OCH3 is 1. The number of likely N-dealkylation sites (tertiary alicyclic amines) is 2. The summed E-state index contributed by atoms with van der Waals surface area (Å²) in [4.78, 5) is 28.7. The number of nitrogens with one attached hydrogen (secondary N) is 1. The molecule has 2 aliphatic carbocycles. The van der Waals surface area contributed by atoms with Crippen molar-refractivity contribution in [2.45, 2.75) is 76.5 Å². The van der Waals surface area contributed by atoms with Crippen molar-refractivity contribution in [1.82, 2.24) is 15.2 Å². The summed E-state index contributed by atoms with van der Waals surface area (Å²) in [6, 6.07) is 22.4. The number of hydrazine groups is 1. The molecule has 4 fully saturated rings. The Hall–Kier alpha value is -2.74. The van der Waals surface area contributed by atoms with Crippen LogP contribution >= 0.6 is 0 Å². The first-order valence-corrected chi connectivity index (χ1v) is 15.2. The topological polar surface area (TPSA) is 87.9 Å². The standard InChI is InChI=1S/C17H23NO2.C16H23N3O/c1-20-17(19)15-9-10-18(16(11-15)14-7-8-14)12-13-5-3-2-4-6-13;17-18-16(20)14-8-9-19(15(10-14)13-6-7-13)11-12-4-2-1-3-5-12/h2-6,14-16H,7-12H2,1H3;1-5,13-15H,6-11,17H2,(H,18,20)/t15-,16+;14-,15+/m00/s1. The van der Waals surface area contributed by atoms with E-state index in [-0.39, 0.29) is 23.7 Å². The molecule has 2 saturated heterocycles. The van der Waals surface area contributed by atoms with Crippen LogP contribution in [0.3, 0.4) is 0 Å². The summed E-state index contributed by atoms with van der Waals surface area (Å²) in [7, 11) is 1.50. The Kier molecular flexibility index (Phi) is 9.89. The summed E-state index contributed by atoms with van der Waals surface area (Å²) >= 11 is 0. The van der Waals surface area contributed by atoms with E-state index in [1.54, 1.807) is 0 Å². The summed E-state index contributed by atoms with van der Waals surface area (Å²) in [5, 5.41) is 0. The van der Waals surface area contributed by atoms with Crippen molar-refractivity contribution >= 4 is 11.9 Å². The zero-order valence-corrected chi connectivity index (χ0v) is 23.9. The van der Waals surface area contributed by atoms with Gasteiger partial charge in [0.05, 0.1) is 13.0 Å². The van der Waals surface area contributed by atoms with Gasteiger partial charge in [-0.15, -0.1) is 0 Å². The van der Waals surface area contributed by atoms with Gasteiger partial charge in [0.2, 0.25) is 5.91 Å². The first-order chi connectivity index (χ1) is 19.6. The zero-order valence-electron chi connectivity index (χ0n) is 23.9. The molecular formula is C33H46N4O3. The smallest absolute Gasteiger partial charge is 0.308 e. The van der Waals surface area contributed by atoms with E-state index in [2.05, 4.69) is 75.9 Å². The van der Waals surface area contributed by atoms with E-state index in [4.69, 9.17) is 10.6 Å². The Balaban J connectivity index is 0.000000161. The molecule has 7 nitrogen and oxygen atoms in total. The lowest BCUT2D eigenvalue weighted by Gasteiger charge is -2.39. The van der Waals surface area contributed by atoms with Gasteiger partial charge >= 0.3 is 5.97 Å². The minimum atomic E-state index is -0.0185. The molecule has 2 saturated carbocycles. The Morgan fingerprint density at radius 1 is 0.750 bits per heavy atom. The molecule has 2 heterocycles. The maximum absolute atomic E-state index is 11.8. The summed E-state index contributed by atoms with van der Waals surface area (Å²) < 4.78 is 4.93. The van der Waals surface area contributed by atoms with Crippen molar-refractivity contribution in [2.24, 2.45) is 29.5 Å². The molecule has 0 radical (unpaired) electrons. The Labute approximate surface area is 239 Å². The predicted octanol–water partition coefficient (Wildman–Crippen LogP) is 4.52. The van der Waals surface area contributed by atoms with Crippen LogP contribution in [-0.4, -0.2) is 54.0 Å². The number of hydrogen-bond acceptors (Lipinski definition) is 6. The number of benzene rings is 2. The minimum Gasteiger partial charge on any atom is -0.469 e. The van der Waals surface area contributed by atoms with Gasteiger partial charge in [-0.3, -0.25) is 24.8 Å². The molecule has 6 rings (SSSR count). The SMILES string of the molecule is COC(=O)[C@H]1CCN(Cc2ccccc2)[C@@H](C2CC2)C1.NNC(=O)[C@H]1CCN(Cc2ccccc2)[C@@H](C2CC2)C1. The first-order valence-electron chi connectivity index (χ1n) is 15.2. The van der Waals surface area contributed by atoms with Crippen LogP contribution in [-0.2, 0) is 27.4 Å². The average Bonchev–Trinajstić information content (AvgIpc) is 3.92. The molecule has 0 bridgehead atoms. The van der Waals surface area contributed by atoms with Gasteiger partial charge in [0, 0.05) is 31.1 Å². The van der Waals surface area contributed by atoms with Crippen LogP contribution in [0.15, 0.2) is 60.7 Å². The number of ether oxygens (including phenoxy) is 1. The van der Waals surface area contributed by atoms with Gasteiger partial charge in [-0.05, 0) is 87.4 Å². The second-order valence-electron chi connectivity index (χ2n) is 12.2. The van der Waals surface area contributed by atoms with E-state index in [0.29, 0.717) is 12.1 Å². The highest BCUT2D eigenvalue weighted by molar-refractivity contribution is 5.78. The predicted molar refractivity (Wildman–Crippen MR) is 157 cm³/mol. The number of nitrogens with zero attached hydrogens (tertiary/aromatic N) is 2. The maximum Gasteiger partial charge on any atom is 0.308 e. The summed E-state index contributed by atoms with van der Waals surface area (Å²) in [6.45, 7) is 4.01. The Morgan fingerprint density at radius 3 is 1.62 bits per heavy atom. The van der Waals surface area contributed by atoms with E-state index >= 15 is 0 Å². The van der Waals surface area contributed by atoms with E-state index < -0.39 is 0 Å². The fourth-order valence-corrected chi connectivity index (χ4v) is 6.80. The van der Waals surface area contributed by atoms with Gasteiger partial charge in [0.25, 0.3) is 0 Å². The van der Waals surface area contributed by atoms with Gasteiger partial charge in [-0.2, -0.15) is 0 Å². The van der Waals surface area contributed by atoms with Crippen molar-refractivity contribution in [3.8, 4) is 0 Å². The monoisotopic (exact) mass is 546 g/mol. The quantitative estimate of drug-likeness (QED) is 0.219. The third-order valence-corrected chi connectivity index (χ3v) is 9.36. The number of piperidine rings is 2. The van der Waals surface area contributed by atoms with Gasteiger partial charge in [0.1, 0.15) is 0 Å². The fourth-order valence-electron chi connectivity index (χ4n) is 6.80. The second-order valence-corrected chi connectivity index (χ2v) is 12.2. The van der Waals surface area contributed by atoms with Gasteiger partial charge < -0.3 is 4.74 Å². The molecule has 4 atom stereocenters. The highest BCUT2D eigenvalue weighted by Crippen LogP contribution is 2.42. The summed E-state index contributed by atoms with van der Waals surface area (Å²) in [6.07, 6.45) is 9.06. The summed E-state index contributed by atoms with van der Waals surface area (Å²) in [5.41, 5.74) is 5.05. The molecule has 2 aromatic carbocycles. The normalized spacial score (nSPS) is 27.2. The van der Waals surface area contributed by atoms with Gasteiger partial charge in [-0.25, -0.2) is 5.84 Å². The van der Waals surface area contributed by atoms with Crippen molar-refractivity contribution in [1.29, 1.82) is 0 Å². The molecule has 2 aromatic rings. The lowest BCUT2D eigenvalue weighted by Crippen LogP contribution is -2.48. The van der Waals surface area contributed by atoms with Crippen molar-refractivity contribution in [3.05, 3.63) is 71.8 Å². The van der Waals surface area contributed by atoms with Crippen molar-refractivity contribution < 1.29 is 14.3 Å². The Morgan fingerprint density at radius 2 is 1.20 bits per heavy atom. The van der Waals surface area contributed by atoms with Crippen molar-refractivity contribution in [3.63, 3.8) is 0 Å². The van der Waals surface area contributed by atoms with Gasteiger partial charge in [-0.1, -0.05) is 60.7 Å². The van der Waals surface area contributed by atoms with Crippen LogP contribution in [0.4, 0.5) is 0 Å². The number of esters is 1. The van der Waals surface area contributed by atoms with Crippen LogP contribution in [0, 0.1) is 23.7 Å². The largest absolute Gasteiger partial charge is 0.469 e. The van der Waals surface area contributed by atoms with E-state index in [1.807, 2.05) is 0 Å². The van der Waals surface area contributed by atoms with E-state index in [0.717, 1.165) is 63.7 Å². The molecule has 4 aliphatic rings. The molecule has 3 N–H and O–H groups in total. The molecule has 1 amide bonds. The molecule has 7 heteroatoms. The minimum absolute atomic E-state index is 0.00927. The number of carbonyl (C=O) groups excluding carboxylic acids is 2. The van der Waals surface area contributed by atoms with Gasteiger partial charge in [0.15, 0.2) is 0 Å². The molecule has 216 valence electrons. The lowest BCUT2D eigenvalue weighted by atomic mass is 9.87. The number of amides is 1. The van der Waals surface area contributed by atoms with E-state index in [9.17, 15) is 9.59 Å². The van der Waals surface area contributed by atoms with E-state index in [1.165, 1.54) is 43.9 Å². The Bertz CT molecular complexity index is 1000. The third-order valence-electron chi connectivity index (χ3n) is 9.36. The molecular weight excluding hydrogens is 500 g/mol. The lowest BCUT2D eigenvalue weighted by molar-refractivity contribution is -0.148. The van der Waals surface area contributed by atoms with Crippen LogP contribution in [0.1, 0.15) is 62.5 Å². The van der Waals surface area contributed by atoms with Crippen LogP contribution < -0.4 is 11.3 Å². The van der Waals surface area contributed by atoms with Crippen molar-refractivity contribution in [2.75, 3.05) is 20.2 Å². The highest BCUT2D eigenvalue weighted by Gasteiger charge is 2.42. The fraction of sp³-hybridized carbons (Fsp3) is 0.576. The number of rotatable bonds is 8. The molecule has 40 heavy (non-hydrogen) atoms. The molecule has 2 aliphatic heterocycles. The third kappa shape index (κ3) is 7.71. The number of carbonyl (C=O) groups is 2. The highest BCUT2D eigenvalue weighted by atomic mass is 16.5. The van der Waals surface area contributed by atoms with Crippen LogP contribution in [0.5, 0.6) is 0 Å². The van der Waals surface area contributed by atoms with Crippen LogP contribution in [0.25, 0.3) is 0 Å². The average molecular weight is 547 g/mol. The first kappa shape index (κ1) is 28.8. The van der Waals surface area contributed by atoms with Crippen LogP contribution in [0.2, 0.25) is 0 Å².